The van der Waals surface area contributed by atoms with Gasteiger partial charge < -0.3 is 10.2 Å². The summed E-state index contributed by atoms with van der Waals surface area (Å²) >= 11 is 0. The molecular weight excluding hydrogens is 402 g/mol. The third-order valence-electron chi connectivity index (χ3n) is 5.54. The molecule has 168 valence electrons. The number of hydrogen-bond donors (Lipinski definition) is 1. The highest BCUT2D eigenvalue weighted by Crippen LogP contribution is 2.33. The molecule has 0 unspecified atom stereocenters. The lowest BCUT2D eigenvalue weighted by Crippen LogP contribution is -2.35. The molecule has 2 aromatic rings. The van der Waals surface area contributed by atoms with Gasteiger partial charge in [0.15, 0.2) is 0 Å². The molecule has 0 atom stereocenters. The summed E-state index contributed by atoms with van der Waals surface area (Å²) in [6.45, 7) is 7.10. The first-order valence-corrected chi connectivity index (χ1v) is 11.2. The standard InChI is InChI=1S/C26H31N3O3/c1-4-6-10-17-29-25(31)23(21-13-15-22(16-14-21)27-19(3)30)24(26(29)32)28(5-2)18-20-11-8-7-9-12-20/h7-9,11-16H,4-6,10,17-18H2,1-3H3,(H,27,30). The van der Waals surface area contributed by atoms with E-state index in [1.807, 2.05) is 42.2 Å². The number of nitrogens with one attached hydrogen (secondary N) is 1. The van der Waals surface area contributed by atoms with Gasteiger partial charge in [-0.15, -0.1) is 0 Å². The number of carbonyl (C=O) groups is 3. The van der Waals surface area contributed by atoms with Crippen LogP contribution >= 0.6 is 0 Å². The van der Waals surface area contributed by atoms with Gasteiger partial charge in [-0.2, -0.15) is 0 Å². The first kappa shape index (κ1) is 23.3. The predicted octanol–water partition coefficient (Wildman–Crippen LogP) is 4.44. The zero-order chi connectivity index (χ0) is 23.1. The molecule has 0 saturated carbocycles. The third-order valence-corrected chi connectivity index (χ3v) is 5.54. The normalized spacial score (nSPS) is 13.7. The van der Waals surface area contributed by atoms with E-state index in [1.54, 1.807) is 24.3 Å². The number of rotatable bonds is 10. The van der Waals surface area contributed by atoms with Gasteiger partial charge in [0, 0.05) is 32.2 Å². The van der Waals surface area contributed by atoms with E-state index in [0.717, 1.165) is 24.8 Å². The number of likely N-dealkylation sites (N-methyl/N-ethyl adjacent to an activating group) is 1. The van der Waals surface area contributed by atoms with E-state index in [9.17, 15) is 14.4 Å². The van der Waals surface area contributed by atoms with Crippen molar-refractivity contribution >= 4 is 29.0 Å². The summed E-state index contributed by atoms with van der Waals surface area (Å²) in [4.78, 5) is 41.6. The highest BCUT2D eigenvalue weighted by Gasteiger charge is 2.40. The van der Waals surface area contributed by atoms with Crippen molar-refractivity contribution in [1.29, 1.82) is 0 Å². The van der Waals surface area contributed by atoms with Crippen LogP contribution in [-0.2, 0) is 20.9 Å². The van der Waals surface area contributed by atoms with Gasteiger partial charge in [-0.1, -0.05) is 62.2 Å². The molecule has 1 heterocycles. The summed E-state index contributed by atoms with van der Waals surface area (Å²) < 4.78 is 0. The lowest BCUT2D eigenvalue weighted by atomic mass is 10.0. The molecule has 1 aliphatic heterocycles. The van der Waals surface area contributed by atoms with Gasteiger partial charge in [0.1, 0.15) is 5.70 Å². The van der Waals surface area contributed by atoms with Gasteiger partial charge >= 0.3 is 0 Å². The number of hydrogen-bond acceptors (Lipinski definition) is 4. The fourth-order valence-corrected chi connectivity index (χ4v) is 3.92. The first-order valence-electron chi connectivity index (χ1n) is 11.2. The summed E-state index contributed by atoms with van der Waals surface area (Å²) in [6, 6.07) is 17.0. The van der Waals surface area contributed by atoms with Crippen LogP contribution in [0, 0.1) is 0 Å². The molecule has 6 nitrogen and oxygen atoms in total. The average molecular weight is 434 g/mol. The first-order chi connectivity index (χ1) is 15.5. The van der Waals surface area contributed by atoms with E-state index in [-0.39, 0.29) is 17.7 Å². The minimum atomic E-state index is -0.250. The average Bonchev–Trinajstić information content (AvgIpc) is 3.03. The second kappa shape index (κ2) is 10.8. The van der Waals surface area contributed by atoms with Crippen molar-refractivity contribution in [3.8, 4) is 0 Å². The highest BCUT2D eigenvalue weighted by molar-refractivity contribution is 6.35. The van der Waals surface area contributed by atoms with Crippen LogP contribution in [-0.4, -0.2) is 40.6 Å². The summed E-state index contributed by atoms with van der Waals surface area (Å²) in [7, 11) is 0. The molecule has 0 aromatic heterocycles. The van der Waals surface area contributed by atoms with Crippen LogP contribution < -0.4 is 5.32 Å². The van der Waals surface area contributed by atoms with Crippen molar-refractivity contribution in [3.63, 3.8) is 0 Å². The minimum absolute atomic E-state index is 0.160. The molecule has 0 radical (unpaired) electrons. The molecule has 1 aliphatic rings. The van der Waals surface area contributed by atoms with Gasteiger partial charge in [-0.3, -0.25) is 19.3 Å². The number of imide groups is 1. The number of carbonyl (C=O) groups excluding carboxylic acids is 3. The summed E-state index contributed by atoms with van der Waals surface area (Å²) in [5, 5.41) is 2.74. The SMILES string of the molecule is CCCCCN1C(=O)C(c2ccc(NC(C)=O)cc2)=C(N(CC)Cc2ccccc2)C1=O. The van der Waals surface area contributed by atoms with Gasteiger partial charge in [-0.25, -0.2) is 0 Å². The Hall–Kier alpha value is -3.41. The van der Waals surface area contributed by atoms with Crippen LogP contribution in [0.25, 0.3) is 5.57 Å². The zero-order valence-corrected chi connectivity index (χ0v) is 19.1. The second-order valence-electron chi connectivity index (χ2n) is 7.95. The maximum Gasteiger partial charge on any atom is 0.277 e. The van der Waals surface area contributed by atoms with Crippen molar-refractivity contribution in [2.45, 2.75) is 46.6 Å². The number of benzene rings is 2. The Kier molecular flexibility index (Phi) is 7.82. The van der Waals surface area contributed by atoms with E-state index < -0.39 is 0 Å². The Morgan fingerprint density at radius 2 is 1.62 bits per heavy atom. The van der Waals surface area contributed by atoms with E-state index in [4.69, 9.17) is 0 Å². The van der Waals surface area contributed by atoms with E-state index in [0.29, 0.717) is 42.2 Å². The Balaban J connectivity index is 2.00. The van der Waals surface area contributed by atoms with Gasteiger partial charge in [0.2, 0.25) is 5.91 Å². The Morgan fingerprint density at radius 1 is 0.938 bits per heavy atom. The molecule has 3 rings (SSSR count). The maximum absolute atomic E-state index is 13.4. The van der Waals surface area contributed by atoms with Gasteiger partial charge in [-0.05, 0) is 36.6 Å². The van der Waals surface area contributed by atoms with E-state index >= 15 is 0 Å². The van der Waals surface area contributed by atoms with Crippen LogP contribution in [0.2, 0.25) is 0 Å². The molecule has 3 amide bonds. The summed E-state index contributed by atoms with van der Waals surface area (Å²) in [5.74, 6) is -0.642. The highest BCUT2D eigenvalue weighted by atomic mass is 16.2. The van der Waals surface area contributed by atoms with Crippen LogP contribution in [0.15, 0.2) is 60.3 Å². The molecule has 32 heavy (non-hydrogen) atoms. The number of nitrogens with zero attached hydrogens (tertiary/aromatic N) is 2. The van der Waals surface area contributed by atoms with E-state index in [2.05, 4.69) is 12.2 Å². The molecular formula is C26H31N3O3. The number of amides is 3. The maximum atomic E-state index is 13.4. The Morgan fingerprint density at radius 3 is 2.22 bits per heavy atom. The van der Waals surface area contributed by atoms with Crippen LogP contribution in [0.5, 0.6) is 0 Å². The summed E-state index contributed by atoms with van der Waals surface area (Å²) in [5.41, 5.74) is 3.28. The lowest BCUT2D eigenvalue weighted by Gasteiger charge is -2.25. The molecule has 0 spiro atoms. The summed E-state index contributed by atoms with van der Waals surface area (Å²) in [6.07, 6.45) is 2.78. The lowest BCUT2D eigenvalue weighted by molar-refractivity contribution is -0.137. The monoisotopic (exact) mass is 433 g/mol. The van der Waals surface area contributed by atoms with Crippen LogP contribution in [0.3, 0.4) is 0 Å². The largest absolute Gasteiger partial charge is 0.362 e. The van der Waals surface area contributed by atoms with Crippen molar-refractivity contribution in [2.24, 2.45) is 0 Å². The smallest absolute Gasteiger partial charge is 0.277 e. The Labute approximate surface area is 189 Å². The molecule has 0 fully saturated rings. The predicted molar refractivity (Wildman–Crippen MR) is 126 cm³/mol. The zero-order valence-electron chi connectivity index (χ0n) is 19.1. The molecule has 0 aliphatic carbocycles. The second-order valence-corrected chi connectivity index (χ2v) is 7.95. The number of anilines is 1. The topological polar surface area (TPSA) is 69.7 Å². The fourth-order valence-electron chi connectivity index (χ4n) is 3.92. The quantitative estimate of drug-likeness (QED) is 0.444. The van der Waals surface area contributed by atoms with Crippen molar-refractivity contribution in [2.75, 3.05) is 18.4 Å². The van der Waals surface area contributed by atoms with Crippen LogP contribution in [0.1, 0.15) is 51.2 Å². The molecule has 0 bridgehead atoms. The molecule has 6 heteroatoms. The van der Waals surface area contributed by atoms with Crippen molar-refractivity contribution < 1.29 is 14.4 Å². The van der Waals surface area contributed by atoms with Crippen molar-refractivity contribution in [3.05, 3.63) is 71.4 Å². The Bertz CT molecular complexity index is 997. The van der Waals surface area contributed by atoms with E-state index in [1.165, 1.54) is 11.8 Å². The number of unbranched alkanes of at least 4 members (excludes halogenated alkanes) is 2. The van der Waals surface area contributed by atoms with Crippen molar-refractivity contribution in [1.82, 2.24) is 9.80 Å². The van der Waals surface area contributed by atoms with Crippen LogP contribution in [0.4, 0.5) is 5.69 Å². The third kappa shape index (κ3) is 5.25. The molecule has 1 N–H and O–H groups in total. The molecule has 0 saturated heterocycles. The molecule has 2 aromatic carbocycles. The minimum Gasteiger partial charge on any atom is -0.362 e. The fraction of sp³-hybridized carbons (Fsp3) is 0.346. The van der Waals surface area contributed by atoms with Gasteiger partial charge in [0.25, 0.3) is 11.8 Å². The van der Waals surface area contributed by atoms with Gasteiger partial charge in [0.05, 0.1) is 5.57 Å².